The van der Waals surface area contributed by atoms with Crippen LogP contribution < -0.4 is 10.5 Å². The molecule has 2 rings (SSSR count). The second-order valence-electron chi connectivity index (χ2n) is 4.15. The van der Waals surface area contributed by atoms with Crippen molar-refractivity contribution in [3.8, 4) is 16.9 Å². The maximum absolute atomic E-state index is 5.94. The highest BCUT2D eigenvalue weighted by Crippen LogP contribution is 2.29. The van der Waals surface area contributed by atoms with Crippen molar-refractivity contribution < 1.29 is 4.74 Å². The van der Waals surface area contributed by atoms with E-state index in [0.29, 0.717) is 0 Å². The van der Waals surface area contributed by atoms with Gasteiger partial charge in [0.05, 0.1) is 13.3 Å². The van der Waals surface area contributed by atoms with Gasteiger partial charge in [-0.05, 0) is 24.6 Å². The zero-order valence-electron chi connectivity index (χ0n) is 10.8. The van der Waals surface area contributed by atoms with E-state index in [2.05, 4.69) is 11.2 Å². The van der Waals surface area contributed by atoms with Crippen LogP contribution >= 0.6 is 12.4 Å². The summed E-state index contributed by atoms with van der Waals surface area (Å²) in [5.41, 5.74) is 9.13. The fraction of sp³-hybridized carbons (Fsp3) is 0.308. The average molecular weight is 268 g/mol. The molecule has 1 atom stereocenters. The summed E-state index contributed by atoms with van der Waals surface area (Å²) in [7, 11) is 3.56. The van der Waals surface area contributed by atoms with Crippen molar-refractivity contribution >= 4 is 12.4 Å². The van der Waals surface area contributed by atoms with Crippen LogP contribution in [0.25, 0.3) is 11.1 Å². The van der Waals surface area contributed by atoms with Gasteiger partial charge < -0.3 is 10.5 Å². The lowest BCUT2D eigenvalue weighted by Gasteiger charge is -2.12. The SMILES string of the molecule is COc1ccc(-c2cnn(C)c2)cc1C(C)N.Cl. The Morgan fingerprint density at radius 2 is 2.06 bits per heavy atom. The first-order valence-electron chi connectivity index (χ1n) is 5.54. The van der Waals surface area contributed by atoms with E-state index < -0.39 is 0 Å². The Bertz CT molecular complexity index is 523. The number of hydrogen-bond donors (Lipinski definition) is 1. The second-order valence-corrected chi connectivity index (χ2v) is 4.15. The number of benzene rings is 1. The molecule has 0 saturated carbocycles. The monoisotopic (exact) mass is 267 g/mol. The van der Waals surface area contributed by atoms with Crippen molar-refractivity contribution in [2.75, 3.05) is 7.11 Å². The first-order chi connectivity index (χ1) is 8.11. The zero-order valence-corrected chi connectivity index (χ0v) is 11.6. The van der Waals surface area contributed by atoms with Gasteiger partial charge in [0.1, 0.15) is 5.75 Å². The number of halogens is 1. The van der Waals surface area contributed by atoms with Gasteiger partial charge in [0.2, 0.25) is 0 Å². The third-order valence-electron chi connectivity index (χ3n) is 2.76. The van der Waals surface area contributed by atoms with Gasteiger partial charge in [-0.3, -0.25) is 4.68 Å². The summed E-state index contributed by atoms with van der Waals surface area (Å²) >= 11 is 0. The summed E-state index contributed by atoms with van der Waals surface area (Å²) < 4.78 is 7.08. The van der Waals surface area contributed by atoms with Gasteiger partial charge in [0.25, 0.3) is 0 Å². The molecule has 1 aromatic heterocycles. The van der Waals surface area contributed by atoms with Gasteiger partial charge in [-0.25, -0.2) is 0 Å². The molecule has 0 fully saturated rings. The summed E-state index contributed by atoms with van der Waals surface area (Å²) in [5.74, 6) is 0.827. The van der Waals surface area contributed by atoms with E-state index in [-0.39, 0.29) is 18.4 Å². The molecule has 0 saturated heterocycles. The molecule has 0 aliphatic carbocycles. The fourth-order valence-electron chi connectivity index (χ4n) is 1.84. The highest BCUT2D eigenvalue weighted by Gasteiger charge is 2.10. The number of aromatic nitrogens is 2. The minimum absolute atomic E-state index is 0. The summed E-state index contributed by atoms with van der Waals surface area (Å²) in [5, 5.41) is 4.16. The number of aryl methyl sites for hydroxylation is 1. The third kappa shape index (κ3) is 2.83. The number of methoxy groups -OCH3 is 1. The highest BCUT2D eigenvalue weighted by atomic mass is 35.5. The van der Waals surface area contributed by atoms with E-state index in [4.69, 9.17) is 10.5 Å². The molecule has 18 heavy (non-hydrogen) atoms. The van der Waals surface area contributed by atoms with Crippen LogP contribution in [-0.2, 0) is 7.05 Å². The van der Waals surface area contributed by atoms with Crippen molar-refractivity contribution in [2.24, 2.45) is 12.8 Å². The Morgan fingerprint density at radius 1 is 1.33 bits per heavy atom. The van der Waals surface area contributed by atoms with E-state index in [1.165, 1.54) is 0 Å². The fourth-order valence-corrected chi connectivity index (χ4v) is 1.84. The molecule has 2 aromatic rings. The summed E-state index contributed by atoms with van der Waals surface area (Å²) in [6.45, 7) is 1.95. The van der Waals surface area contributed by atoms with Gasteiger partial charge in [0.15, 0.2) is 0 Å². The molecular weight excluding hydrogens is 250 g/mol. The Balaban J connectivity index is 0.00000162. The van der Waals surface area contributed by atoms with Gasteiger partial charge in [0, 0.05) is 30.4 Å². The molecule has 98 valence electrons. The van der Waals surface area contributed by atoms with Crippen molar-refractivity contribution in [2.45, 2.75) is 13.0 Å². The van der Waals surface area contributed by atoms with Gasteiger partial charge in [-0.1, -0.05) is 6.07 Å². The second kappa shape index (κ2) is 5.89. The maximum Gasteiger partial charge on any atom is 0.123 e. The van der Waals surface area contributed by atoms with Crippen molar-refractivity contribution in [3.05, 3.63) is 36.2 Å². The lowest BCUT2D eigenvalue weighted by molar-refractivity contribution is 0.407. The van der Waals surface area contributed by atoms with Crippen LogP contribution in [-0.4, -0.2) is 16.9 Å². The largest absolute Gasteiger partial charge is 0.496 e. The van der Waals surface area contributed by atoms with Gasteiger partial charge in [-0.15, -0.1) is 12.4 Å². The van der Waals surface area contributed by atoms with Crippen LogP contribution in [0.2, 0.25) is 0 Å². The minimum Gasteiger partial charge on any atom is -0.496 e. The molecule has 0 spiro atoms. The van der Waals surface area contributed by atoms with E-state index >= 15 is 0 Å². The molecule has 5 heteroatoms. The molecule has 0 radical (unpaired) electrons. The van der Waals surface area contributed by atoms with E-state index in [1.54, 1.807) is 11.8 Å². The van der Waals surface area contributed by atoms with Gasteiger partial charge >= 0.3 is 0 Å². The number of ether oxygens (including phenoxy) is 1. The van der Waals surface area contributed by atoms with Gasteiger partial charge in [-0.2, -0.15) is 5.10 Å². The predicted molar refractivity (Wildman–Crippen MR) is 75.0 cm³/mol. The average Bonchev–Trinajstić information content (AvgIpc) is 2.75. The smallest absolute Gasteiger partial charge is 0.123 e. The first-order valence-corrected chi connectivity index (χ1v) is 5.54. The topological polar surface area (TPSA) is 53.1 Å². The van der Waals surface area contributed by atoms with Crippen LogP contribution in [0.4, 0.5) is 0 Å². The van der Waals surface area contributed by atoms with E-state index in [9.17, 15) is 0 Å². The maximum atomic E-state index is 5.94. The Hall–Kier alpha value is -1.52. The summed E-state index contributed by atoms with van der Waals surface area (Å²) in [6.07, 6.45) is 3.82. The quantitative estimate of drug-likeness (QED) is 0.930. The highest BCUT2D eigenvalue weighted by molar-refractivity contribution is 5.85. The Labute approximate surface area is 113 Å². The lowest BCUT2D eigenvalue weighted by atomic mass is 10.0. The number of nitrogens with zero attached hydrogens (tertiary/aromatic N) is 2. The predicted octanol–water partition coefficient (Wildman–Crippen LogP) is 2.54. The minimum atomic E-state index is -0.0541. The standard InChI is InChI=1S/C13H17N3O.ClH/c1-9(14)12-6-10(4-5-13(12)17-3)11-7-15-16(2)8-11;/h4-9H,14H2,1-3H3;1H. The van der Waals surface area contributed by atoms with Crippen molar-refractivity contribution in [3.63, 3.8) is 0 Å². The van der Waals surface area contributed by atoms with E-state index in [0.717, 1.165) is 22.4 Å². The molecule has 0 aliphatic rings. The summed E-state index contributed by atoms with van der Waals surface area (Å²) in [4.78, 5) is 0. The Morgan fingerprint density at radius 3 is 2.56 bits per heavy atom. The van der Waals surface area contributed by atoms with Crippen LogP contribution in [0.1, 0.15) is 18.5 Å². The van der Waals surface area contributed by atoms with Crippen molar-refractivity contribution in [1.82, 2.24) is 9.78 Å². The molecule has 0 amide bonds. The van der Waals surface area contributed by atoms with E-state index in [1.807, 2.05) is 38.5 Å². The van der Waals surface area contributed by atoms with Crippen LogP contribution in [0, 0.1) is 0 Å². The molecular formula is C13H18ClN3O. The van der Waals surface area contributed by atoms with Crippen LogP contribution in [0.15, 0.2) is 30.6 Å². The molecule has 0 bridgehead atoms. The first kappa shape index (κ1) is 14.5. The number of rotatable bonds is 3. The molecule has 1 heterocycles. The number of hydrogen-bond acceptors (Lipinski definition) is 3. The van der Waals surface area contributed by atoms with Crippen LogP contribution in [0.5, 0.6) is 5.75 Å². The Kier molecular flexibility index (Phi) is 4.76. The molecule has 1 unspecified atom stereocenters. The molecule has 2 N–H and O–H groups in total. The summed E-state index contributed by atoms with van der Waals surface area (Å²) in [6, 6.07) is 5.96. The molecule has 0 aliphatic heterocycles. The number of nitrogens with two attached hydrogens (primary N) is 1. The lowest BCUT2D eigenvalue weighted by Crippen LogP contribution is -2.07. The third-order valence-corrected chi connectivity index (χ3v) is 2.76. The van der Waals surface area contributed by atoms with Crippen LogP contribution in [0.3, 0.4) is 0 Å². The molecule has 4 nitrogen and oxygen atoms in total. The zero-order chi connectivity index (χ0) is 12.4. The normalized spacial score (nSPS) is 11.8. The van der Waals surface area contributed by atoms with Crippen molar-refractivity contribution in [1.29, 1.82) is 0 Å². The molecule has 1 aromatic carbocycles.